The number of aliphatic hydroxyl groups is 1. The van der Waals surface area contributed by atoms with Crippen molar-refractivity contribution in [3.63, 3.8) is 0 Å². The van der Waals surface area contributed by atoms with Gasteiger partial charge in [0.2, 0.25) is 0 Å². The lowest BCUT2D eigenvalue weighted by atomic mass is 9.94. The first-order valence-corrected chi connectivity index (χ1v) is 7.00. The minimum Gasteiger partial charge on any atom is -0.459 e. The molecule has 114 valence electrons. The molecule has 3 heterocycles. The Morgan fingerprint density at radius 2 is 2.19 bits per heavy atom. The van der Waals surface area contributed by atoms with Gasteiger partial charge in [0, 0.05) is 32.6 Å². The summed E-state index contributed by atoms with van der Waals surface area (Å²) in [5, 5.41) is 14.4. The fourth-order valence-electron chi connectivity index (χ4n) is 2.53. The lowest BCUT2D eigenvalue weighted by molar-refractivity contribution is -0.0779. The fourth-order valence-corrected chi connectivity index (χ4v) is 2.53. The zero-order valence-corrected chi connectivity index (χ0v) is 12.0. The third-order valence-electron chi connectivity index (χ3n) is 3.60. The largest absolute Gasteiger partial charge is 0.459 e. The number of rotatable bonds is 5. The van der Waals surface area contributed by atoms with Crippen LogP contribution in [0.2, 0.25) is 0 Å². The highest BCUT2D eigenvalue weighted by Crippen LogP contribution is 2.22. The van der Waals surface area contributed by atoms with E-state index >= 15 is 0 Å². The Labute approximate surface area is 122 Å². The molecule has 21 heavy (non-hydrogen) atoms. The monoisotopic (exact) mass is 293 g/mol. The van der Waals surface area contributed by atoms with Crippen LogP contribution in [-0.4, -0.2) is 52.6 Å². The fraction of sp³-hybridized carbons (Fsp3) is 0.571. The average Bonchev–Trinajstić information content (AvgIpc) is 3.08. The lowest BCUT2D eigenvalue weighted by Crippen LogP contribution is -2.45. The van der Waals surface area contributed by atoms with Gasteiger partial charge in [0.05, 0.1) is 18.4 Å². The predicted molar refractivity (Wildman–Crippen MR) is 73.3 cm³/mol. The molecule has 0 aliphatic carbocycles. The molecule has 2 aromatic rings. The molecule has 0 atom stereocenters. The van der Waals surface area contributed by atoms with Crippen molar-refractivity contribution in [2.45, 2.75) is 25.0 Å². The van der Waals surface area contributed by atoms with Crippen molar-refractivity contribution in [2.24, 2.45) is 0 Å². The van der Waals surface area contributed by atoms with E-state index in [2.05, 4.69) is 10.1 Å². The van der Waals surface area contributed by atoms with E-state index in [0.29, 0.717) is 56.6 Å². The maximum Gasteiger partial charge on any atom is 0.293 e. The highest BCUT2D eigenvalue weighted by atomic mass is 16.5. The summed E-state index contributed by atoms with van der Waals surface area (Å²) in [6, 6.07) is 3.54. The standard InChI is InChI=1S/C14H19N3O4/c1-17(10-14(18)4-7-19-8-5-14)9-12-15-13(21-16-12)11-3-2-6-20-11/h2-3,6,18H,4-5,7-10H2,1H3. The molecule has 0 unspecified atom stereocenters. The lowest BCUT2D eigenvalue weighted by Gasteiger charge is -2.35. The summed E-state index contributed by atoms with van der Waals surface area (Å²) in [5.74, 6) is 1.49. The van der Waals surface area contributed by atoms with E-state index in [1.165, 1.54) is 0 Å². The second kappa shape index (κ2) is 5.97. The Balaban J connectivity index is 1.58. The van der Waals surface area contributed by atoms with Crippen molar-refractivity contribution < 1.29 is 18.8 Å². The SMILES string of the molecule is CN(Cc1noc(-c2ccco2)n1)CC1(O)CCOCC1. The third kappa shape index (κ3) is 3.49. The van der Waals surface area contributed by atoms with Crippen LogP contribution in [0.25, 0.3) is 11.7 Å². The molecule has 7 nitrogen and oxygen atoms in total. The van der Waals surface area contributed by atoms with Gasteiger partial charge in [-0.15, -0.1) is 0 Å². The van der Waals surface area contributed by atoms with E-state index < -0.39 is 5.60 Å². The van der Waals surface area contributed by atoms with Crippen LogP contribution in [0.5, 0.6) is 0 Å². The van der Waals surface area contributed by atoms with Crippen LogP contribution in [0.4, 0.5) is 0 Å². The van der Waals surface area contributed by atoms with Gasteiger partial charge in [-0.25, -0.2) is 0 Å². The summed E-state index contributed by atoms with van der Waals surface area (Å²) in [5.41, 5.74) is -0.694. The van der Waals surface area contributed by atoms with Crippen LogP contribution in [0.1, 0.15) is 18.7 Å². The van der Waals surface area contributed by atoms with Crippen molar-refractivity contribution in [1.29, 1.82) is 0 Å². The molecule has 1 saturated heterocycles. The van der Waals surface area contributed by atoms with Crippen LogP contribution in [0.15, 0.2) is 27.3 Å². The van der Waals surface area contributed by atoms with Crippen molar-refractivity contribution >= 4 is 0 Å². The molecular weight excluding hydrogens is 274 g/mol. The number of ether oxygens (including phenoxy) is 1. The summed E-state index contributed by atoms with van der Waals surface area (Å²) < 4.78 is 15.7. The Kier molecular flexibility index (Phi) is 4.05. The number of nitrogens with zero attached hydrogens (tertiary/aromatic N) is 3. The third-order valence-corrected chi connectivity index (χ3v) is 3.60. The zero-order chi connectivity index (χ0) is 14.7. The topological polar surface area (TPSA) is 84.8 Å². The van der Waals surface area contributed by atoms with Crippen molar-refractivity contribution in [3.8, 4) is 11.7 Å². The summed E-state index contributed by atoms with van der Waals surface area (Å²) in [6.07, 6.45) is 2.87. The second-order valence-corrected chi connectivity index (χ2v) is 5.50. The molecule has 3 rings (SSSR count). The van der Waals surface area contributed by atoms with Gasteiger partial charge in [0.1, 0.15) is 0 Å². The van der Waals surface area contributed by atoms with Crippen LogP contribution in [-0.2, 0) is 11.3 Å². The van der Waals surface area contributed by atoms with Crippen LogP contribution in [0.3, 0.4) is 0 Å². The molecule has 0 saturated carbocycles. The van der Waals surface area contributed by atoms with Crippen LogP contribution in [0, 0.1) is 0 Å². The smallest absolute Gasteiger partial charge is 0.293 e. The van der Waals surface area contributed by atoms with Gasteiger partial charge >= 0.3 is 0 Å². The highest BCUT2D eigenvalue weighted by molar-refractivity contribution is 5.42. The molecule has 0 radical (unpaired) electrons. The van der Waals surface area contributed by atoms with Crippen molar-refractivity contribution in [2.75, 3.05) is 26.8 Å². The maximum absolute atomic E-state index is 10.5. The minimum absolute atomic E-state index is 0.369. The van der Waals surface area contributed by atoms with Crippen molar-refractivity contribution in [1.82, 2.24) is 15.0 Å². The maximum atomic E-state index is 10.5. The second-order valence-electron chi connectivity index (χ2n) is 5.50. The first-order valence-electron chi connectivity index (χ1n) is 7.00. The van der Waals surface area contributed by atoms with Crippen LogP contribution >= 0.6 is 0 Å². The van der Waals surface area contributed by atoms with Gasteiger partial charge in [0.15, 0.2) is 11.6 Å². The summed E-state index contributed by atoms with van der Waals surface area (Å²) >= 11 is 0. The van der Waals surface area contributed by atoms with E-state index in [4.69, 9.17) is 13.7 Å². The van der Waals surface area contributed by atoms with Gasteiger partial charge < -0.3 is 18.8 Å². The predicted octanol–water partition coefficient (Wildman–Crippen LogP) is 1.30. The molecule has 7 heteroatoms. The Morgan fingerprint density at radius 3 is 2.90 bits per heavy atom. The summed E-state index contributed by atoms with van der Waals surface area (Å²) in [4.78, 5) is 6.28. The molecule has 0 amide bonds. The molecule has 1 aliphatic rings. The molecule has 0 aromatic carbocycles. The quantitative estimate of drug-likeness (QED) is 0.889. The Bertz CT molecular complexity index is 561. The van der Waals surface area contributed by atoms with Gasteiger partial charge in [-0.2, -0.15) is 4.98 Å². The number of likely N-dealkylation sites (N-methyl/N-ethyl adjacent to an activating group) is 1. The molecule has 2 aromatic heterocycles. The number of aromatic nitrogens is 2. The van der Waals surface area contributed by atoms with E-state index in [-0.39, 0.29) is 0 Å². The molecule has 0 bridgehead atoms. The van der Waals surface area contributed by atoms with Gasteiger partial charge in [0.25, 0.3) is 5.89 Å². The Hall–Kier alpha value is -1.70. The Morgan fingerprint density at radius 1 is 1.38 bits per heavy atom. The highest BCUT2D eigenvalue weighted by Gasteiger charge is 2.31. The summed E-state index contributed by atoms with van der Waals surface area (Å²) in [7, 11) is 1.93. The van der Waals surface area contributed by atoms with E-state index in [0.717, 1.165) is 0 Å². The first kappa shape index (κ1) is 14.2. The van der Waals surface area contributed by atoms with Gasteiger partial charge in [-0.05, 0) is 19.2 Å². The molecule has 0 spiro atoms. The van der Waals surface area contributed by atoms with Crippen molar-refractivity contribution in [3.05, 3.63) is 24.2 Å². The van der Waals surface area contributed by atoms with Crippen LogP contribution < -0.4 is 0 Å². The van der Waals surface area contributed by atoms with E-state index in [9.17, 15) is 5.11 Å². The van der Waals surface area contributed by atoms with E-state index in [1.54, 1.807) is 18.4 Å². The normalized spacial score (nSPS) is 18.2. The minimum atomic E-state index is -0.694. The number of hydrogen-bond acceptors (Lipinski definition) is 7. The molecule has 1 fully saturated rings. The summed E-state index contributed by atoms with van der Waals surface area (Å²) in [6.45, 7) is 2.28. The molecule has 1 aliphatic heterocycles. The van der Waals surface area contributed by atoms with E-state index in [1.807, 2.05) is 11.9 Å². The number of furan rings is 1. The average molecular weight is 293 g/mol. The number of hydrogen-bond donors (Lipinski definition) is 1. The molecular formula is C14H19N3O4. The zero-order valence-electron chi connectivity index (χ0n) is 12.0. The first-order chi connectivity index (χ1) is 10.1. The van der Waals surface area contributed by atoms with Gasteiger partial charge in [-0.1, -0.05) is 5.16 Å². The molecule has 1 N–H and O–H groups in total. The van der Waals surface area contributed by atoms with Gasteiger partial charge in [-0.3, -0.25) is 4.90 Å².